The zero-order chi connectivity index (χ0) is 15.4. The Kier molecular flexibility index (Phi) is 5.39. The van der Waals surface area contributed by atoms with E-state index in [4.69, 9.17) is 5.11 Å². The maximum Gasteiger partial charge on any atom is 0.308 e. The Bertz CT molecular complexity index is 532. The number of benzene rings is 1. The molecule has 1 aliphatic heterocycles. The fourth-order valence-corrected chi connectivity index (χ4v) is 3.32. The SMILES string of the molecule is CC1CC(C(=O)O)CN(C(=O)CCc2ccccc2Br)C1. The van der Waals surface area contributed by atoms with Crippen molar-refractivity contribution in [2.24, 2.45) is 11.8 Å². The number of nitrogens with zero attached hydrogens (tertiary/aromatic N) is 1. The highest BCUT2D eigenvalue weighted by Crippen LogP contribution is 2.23. The Labute approximate surface area is 133 Å². The summed E-state index contributed by atoms with van der Waals surface area (Å²) in [6.07, 6.45) is 1.74. The van der Waals surface area contributed by atoms with Gasteiger partial charge in [-0.3, -0.25) is 9.59 Å². The third-order valence-corrected chi connectivity index (χ3v) is 4.70. The Morgan fingerprint density at radius 2 is 2.05 bits per heavy atom. The summed E-state index contributed by atoms with van der Waals surface area (Å²) in [6, 6.07) is 7.85. The number of rotatable bonds is 4. The Balaban J connectivity index is 1.93. The molecule has 5 heteroatoms. The van der Waals surface area contributed by atoms with Crippen LogP contribution >= 0.6 is 15.9 Å². The number of carbonyl (C=O) groups is 2. The number of piperidine rings is 1. The summed E-state index contributed by atoms with van der Waals surface area (Å²) in [6.45, 7) is 3.01. The molecule has 0 aromatic heterocycles. The van der Waals surface area contributed by atoms with Gasteiger partial charge in [-0.2, -0.15) is 0 Å². The van der Waals surface area contributed by atoms with E-state index in [9.17, 15) is 9.59 Å². The van der Waals surface area contributed by atoms with Crippen molar-refractivity contribution in [3.05, 3.63) is 34.3 Å². The van der Waals surface area contributed by atoms with E-state index in [1.165, 1.54) is 0 Å². The number of hydrogen-bond acceptors (Lipinski definition) is 2. The normalized spacial score (nSPS) is 22.1. The van der Waals surface area contributed by atoms with Gasteiger partial charge in [0.05, 0.1) is 5.92 Å². The van der Waals surface area contributed by atoms with Gasteiger partial charge < -0.3 is 10.0 Å². The Hall–Kier alpha value is -1.36. The molecule has 114 valence electrons. The molecule has 2 unspecified atom stereocenters. The van der Waals surface area contributed by atoms with Crippen molar-refractivity contribution in [3.63, 3.8) is 0 Å². The van der Waals surface area contributed by atoms with Crippen molar-refractivity contribution in [2.75, 3.05) is 13.1 Å². The molecule has 0 radical (unpaired) electrons. The lowest BCUT2D eigenvalue weighted by atomic mass is 9.90. The van der Waals surface area contributed by atoms with E-state index >= 15 is 0 Å². The van der Waals surface area contributed by atoms with Gasteiger partial charge in [0.1, 0.15) is 0 Å². The minimum atomic E-state index is -0.801. The van der Waals surface area contributed by atoms with Gasteiger partial charge in [-0.15, -0.1) is 0 Å². The van der Waals surface area contributed by atoms with E-state index in [-0.39, 0.29) is 11.8 Å². The van der Waals surface area contributed by atoms with E-state index < -0.39 is 11.9 Å². The van der Waals surface area contributed by atoms with Crippen molar-refractivity contribution in [1.29, 1.82) is 0 Å². The monoisotopic (exact) mass is 353 g/mol. The summed E-state index contributed by atoms with van der Waals surface area (Å²) >= 11 is 3.48. The van der Waals surface area contributed by atoms with E-state index in [0.717, 1.165) is 10.0 Å². The largest absolute Gasteiger partial charge is 0.481 e. The Morgan fingerprint density at radius 3 is 2.71 bits per heavy atom. The minimum absolute atomic E-state index is 0.0450. The first-order valence-electron chi connectivity index (χ1n) is 7.21. The first-order valence-corrected chi connectivity index (χ1v) is 8.00. The average Bonchev–Trinajstić information content (AvgIpc) is 2.45. The van der Waals surface area contributed by atoms with Crippen LogP contribution in [0, 0.1) is 11.8 Å². The third-order valence-electron chi connectivity index (χ3n) is 3.93. The van der Waals surface area contributed by atoms with Crippen LogP contribution in [-0.2, 0) is 16.0 Å². The summed E-state index contributed by atoms with van der Waals surface area (Å²) in [5, 5.41) is 9.16. The van der Waals surface area contributed by atoms with Crippen LogP contribution in [0.2, 0.25) is 0 Å². The van der Waals surface area contributed by atoms with Gasteiger partial charge in [0.25, 0.3) is 0 Å². The summed E-state index contributed by atoms with van der Waals surface area (Å²) in [7, 11) is 0. The molecule has 4 nitrogen and oxygen atoms in total. The highest BCUT2D eigenvalue weighted by molar-refractivity contribution is 9.10. The molecule has 1 aliphatic rings. The molecule has 1 aromatic rings. The molecule has 1 saturated heterocycles. The molecule has 1 fully saturated rings. The Morgan fingerprint density at radius 1 is 1.33 bits per heavy atom. The smallest absolute Gasteiger partial charge is 0.308 e. The van der Waals surface area contributed by atoms with Crippen LogP contribution in [0.3, 0.4) is 0 Å². The number of amides is 1. The second-order valence-corrected chi connectivity index (χ2v) is 6.62. The van der Waals surface area contributed by atoms with Crippen molar-refractivity contribution in [3.8, 4) is 0 Å². The zero-order valence-electron chi connectivity index (χ0n) is 12.1. The highest BCUT2D eigenvalue weighted by Gasteiger charge is 2.31. The van der Waals surface area contributed by atoms with Crippen molar-refractivity contribution < 1.29 is 14.7 Å². The third kappa shape index (κ3) is 4.30. The molecule has 0 spiro atoms. The standard InChI is InChI=1S/C16H20BrNO3/c1-11-8-13(16(20)21)10-18(9-11)15(19)7-6-12-4-2-3-5-14(12)17/h2-5,11,13H,6-10H2,1H3,(H,20,21). The predicted octanol–water partition coefficient (Wildman–Crippen LogP) is 2.95. The van der Waals surface area contributed by atoms with Gasteiger partial charge in [-0.25, -0.2) is 0 Å². The molecule has 1 heterocycles. The van der Waals surface area contributed by atoms with Crippen LogP contribution in [-0.4, -0.2) is 35.0 Å². The molecular weight excluding hydrogens is 334 g/mol. The number of carboxylic acids is 1. The minimum Gasteiger partial charge on any atom is -0.481 e. The molecule has 2 rings (SSSR count). The van der Waals surface area contributed by atoms with Crippen LogP contribution in [0.15, 0.2) is 28.7 Å². The lowest BCUT2D eigenvalue weighted by Crippen LogP contribution is -2.45. The van der Waals surface area contributed by atoms with Gasteiger partial charge in [0.15, 0.2) is 0 Å². The van der Waals surface area contributed by atoms with E-state index in [1.54, 1.807) is 4.90 Å². The maximum absolute atomic E-state index is 12.3. The zero-order valence-corrected chi connectivity index (χ0v) is 13.7. The number of halogens is 1. The van der Waals surface area contributed by atoms with Gasteiger partial charge >= 0.3 is 5.97 Å². The first kappa shape index (κ1) is 16.0. The second-order valence-electron chi connectivity index (χ2n) is 5.77. The van der Waals surface area contributed by atoms with Crippen LogP contribution in [0.1, 0.15) is 25.3 Å². The highest BCUT2D eigenvalue weighted by atomic mass is 79.9. The number of aryl methyl sites for hydroxylation is 1. The van der Waals surface area contributed by atoms with E-state index in [2.05, 4.69) is 15.9 Å². The molecule has 0 saturated carbocycles. The van der Waals surface area contributed by atoms with Crippen LogP contribution in [0.5, 0.6) is 0 Å². The number of carboxylic acid groups (broad SMARTS) is 1. The van der Waals surface area contributed by atoms with Gasteiger partial charge in [0.2, 0.25) is 5.91 Å². The van der Waals surface area contributed by atoms with Crippen LogP contribution in [0.25, 0.3) is 0 Å². The van der Waals surface area contributed by atoms with E-state index in [0.29, 0.717) is 32.4 Å². The molecular formula is C16H20BrNO3. The number of hydrogen-bond donors (Lipinski definition) is 1. The molecule has 1 N–H and O–H groups in total. The summed E-state index contributed by atoms with van der Waals surface area (Å²) < 4.78 is 1.01. The molecule has 1 aromatic carbocycles. The quantitative estimate of drug-likeness (QED) is 0.905. The molecule has 0 aliphatic carbocycles. The lowest BCUT2D eigenvalue weighted by Gasteiger charge is -2.34. The topological polar surface area (TPSA) is 57.6 Å². The number of aliphatic carboxylic acids is 1. The molecule has 0 bridgehead atoms. The van der Waals surface area contributed by atoms with Gasteiger partial charge in [-0.1, -0.05) is 41.1 Å². The average molecular weight is 354 g/mol. The van der Waals surface area contributed by atoms with Crippen LogP contribution < -0.4 is 0 Å². The summed E-state index contributed by atoms with van der Waals surface area (Å²) in [5.74, 6) is -0.942. The van der Waals surface area contributed by atoms with Crippen LogP contribution in [0.4, 0.5) is 0 Å². The van der Waals surface area contributed by atoms with Crippen molar-refractivity contribution in [2.45, 2.75) is 26.2 Å². The summed E-state index contributed by atoms with van der Waals surface area (Å²) in [4.78, 5) is 25.2. The molecule has 21 heavy (non-hydrogen) atoms. The van der Waals surface area contributed by atoms with E-state index in [1.807, 2.05) is 31.2 Å². The van der Waals surface area contributed by atoms with Crippen molar-refractivity contribution >= 4 is 27.8 Å². The lowest BCUT2D eigenvalue weighted by molar-refractivity contribution is -0.146. The molecule has 2 atom stereocenters. The fraction of sp³-hybridized carbons (Fsp3) is 0.500. The molecule has 1 amide bonds. The van der Waals surface area contributed by atoms with Gasteiger partial charge in [0, 0.05) is 24.0 Å². The number of likely N-dealkylation sites (tertiary alicyclic amines) is 1. The van der Waals surface area contributed by atoms with Crippen molar-refractivity contribution in [1.82, 2.24) is 4.90 Å². The predicted molar refractivity (Wildman–Crippen MR) is 83.9 cm³/mol. The maximum atomic E-state index is 12.3. The fourth-order valence-electron chi connectivity index (χ4n) is 2.83. The second kappa shape index (κ2) is 7.07. The first-order chi connectivity index (χ1) is 9.97. The number of carbonyl (C=O) groups excluding carboxylic acids is 1. The van der Waals surface area contributed by atoms with Gasteiger partial charge in [-0.05, 0) is 30.4 Å². The summed E-state index contributed by atoms with van der Waals surface area (Å²) in [5.41, 5.74) is 1.10.